The Bertz CT molecular complexity index is 1580. The second-order valence-electron chi connectivity index (χ2n) is 10.2. The second-order valence-corrected chi connectivity index (χ2v) is 10.2. The number of para-hydroxylation sites is 1. The van der Waals surface area contributed by atoms with E-state index in [4.69, 9.17) is 4.74 Å². The van der Waals surface area contributed by atoms with Crippen LogP contribution in [0.2, 0.25) is 0 Å². The summed E-state index contributed by atoms with van der Waals surface area (Å²) < 4.78 is 47.8. The zero-order valence-corrected chi connectivity index (χ0v) is 22.8. The lowest BCUT2D eigenvalue weighted by Gasteiger charge is -2.34. The van der Waals surface area contributed by atoms with Gasteiger partial charge in [0.25, 0.3) is 0 Å². The van der Waals surface area contributed by atoms with E-state index in [1.54, 1.807) is 24.3 Å². The van der Waals surface area contributed by atoms with E-state index in [0.29, 0.717) is 11.0 Å². The van der Waals surface area contributed by atoms with Gasteiger partial charge in [-0.15, -0.1) is 5.10 Å². The number of anilines is 1. The third-order valence-electron chi connectivity index (χ3n) is 7.40. The Hall–Kier alpha value is -4.61. The molecule has 12 heteroatoms. The number of phenols is 1. The van der Waals surface area contributed by atoms with Gasteiger partial charge < -0.3 is 15.2 Å². The summed E-state index contributed by atoms with van der Waals surface area (Å²) >= 11 is 0. The predicted octanol–water partition coefficient (Wildman–Crippen LogP) is 5.39. The minimum absolute atomic E-state index is 0.135. The van der Waals surface area contributed by atoms with Crippen LogP contribution in [0.15, 0.2) is 66.7 Å². The number of ether oxygens (including phenoxy) is 1. The molecule has 42 heavy (non-hydrogen) atoms. The van der Waals surface area contributed by atoms with Crippen molar-refractivity contribution in [1.29, 1.82) is 0 Å². The van der Waals surface area contributed by atoms with Gasteiger partial charge in [-0.05, 0) is 60.9 Å². The number of benzene rings is 3. The maximum Gasteiger partial charge on any atom is 0.416 e. The Morgan fingerprint density at radius 2 is 1.83 bits per heavy atom. The lowest BCUT2D eigenvalue weighted by molar-refractivity contribution is -0.137. The fraction of sp³-hybridized carbons (Fsp3) is 0.333. The Morgan fingerprint density at radius 3 is 2.55 bits per heavy atom. The van der Waals surface area contributed by atoms with Crippen LogP contribution in [0, 0.1) is 0 Å². The number of carbonyl (C=O) groups excluding carboxylic acids is 2. The van der Waals surface area contributed by atoms with Gasteiger partial charge in [-0.1, -0.05) is 48.7 Å². The number of aromatic nitrogens is 3. The summed E-state index contributed by atoms with van der Waals surface area (Å²) in [7, 11) is 1.36. The minimum atomic E-state index is -4.69. The van der Waals surface area contributed by atoms with Crippen LogP contribution in [0.1, 0.15) is 49.3 Å². The molecule has 1 heterocycles. The van der Waals surface area contributed by atoms with Gasteiger partial charge >= 0.3 is 6.18 Å². The van der Waals surface area contributed by atoms with Crippen molar-refractivity contribution < 1.29 is 32.6 Å². The van der Waals surface area contributed by atoms with E-state index in [2.05, 4.69) is 15.6 Å². The maximum absolute atomic E-state index is 14.1. The van der Waals surface area contributed by atoms with Crippen molar-refractivity contribution in [3.63, 3.8) is 0 Å². The first-order valence-electron chi connectivity index (χ1n) is 13.6. The fourth-order valence-electron chi connectivity index (χ4n) is 5.33. The lowest BCUT2D eigenvalue weighted by atomic mass is 9.94. The summed E-state index contributed by atoms with van der Waals surface area (Å²) in [6.45, 7) is -0.411. The van der Waals surface area contributed by atoms with Gasteiger partial charge in [0.1, 0.15) is 18.1 Å². The molecule has 1 atom stereocenters. The molecule has 1 fully saturated rings. The number of aromatic hydroxyl groups is 1. The molecular weight excluding hydrogens is 551 g/mol. The molecule has 0 aliphatic heterocycles. The standard InChI is InChI=1S/C30H30F3N5O4/c1-42-26-15-14-19(16-25(26)39)28(29(41)34-21-9-3-2-4-10-21)38(22-11-7-8-20(17-22)30(31,32)33)27(40)18-37-24-13-6-5-12-23(24)35-36-37/h5-8,11-17,21,28,39H,2-4,9-10,18H2,1H3,(H,34,41)/t28-/m0/s1. The molecular formula is C30H30F3N5O4. The number of methoxy groups -OCH3 is 1. The number of halogens is 3. The largest absolute Gasteiger partial charge is 0.504 e. The van der Waals surface area contributed by atoms with Crippen LogP contribution in [0.3, 0.4) is 0 Å². The van der Waals surface area contributed by atoms with Gasteiger partial charge in [-0.25, -0.2) is 4.68 Å². The molecule has 1 aromatic heterocycles. The zero-order valence-electron chi connectivity index (χ0n) is 22.8. The van der Waals surface area contributed by atoms with Crippen molar-refractivity contribution in [1.82, 2.24) is 20.3 Å². The Labute approximate surface area is 239 Å². The summed E-state index contributed by atoms with van der Waals surface area (Å²) in [4.78, 5) is 29.2. The summed E-state index contributed by atoms with van der Waals surface area (Å²) in [5.74, 6) is -1.44. The molecule has 2 amide bonds. The second kappa shape index (κ2) is 12.1. The first-order chi connectivity index (χ1) is 20.2. The number of nitrogens with zero attached hydrogens (tertiary/aromatic N) is 4. The number of hydrogen-bond donors (Lipinski definition) is 2. The van der Waals surface area contributed by atoms with Gasteiger partial charge in [0.15, 0.2) is 11.5 Å². The number of carbonyl (C=O) groups is 2. The number of fused-ring (bicyclic) bond motifs is 1. The van der Waals surface area contributed by atoms with Gasteiger partial charge in [-0.2, -0.15) is 13.2 Å². The lowest BCUT2D eigenvalue weighted by Crippen LogP contribution is -2.48. The Morgan fingerprint density at radius 1 is 1.07 bits per heavy atom. The highest BCUT2D eigenvalue weighted by Crippen LogP contribution is 2.37. The van der Waals surface area contributed by atoms with Crippen LogP contribution in [0.25, 0.3) is 11.0 Å². The number of nitrogens with one attached hydrogen (secondary N) is 1. The number of amides is 2. The van der Waals surface area contributed by atoms with Crippen molar-refractivity contribution >= 4 is 28.5 Å². The van der Waals surface area contributed by atoms with Gasteiger partial charge in [0.2, 0.25) is 11.8 Å². The molecule has 220 valence electrons. The highest BCUT2D eigenvalue weighted by atomic mass is 19.4. The van der Waals surface area contributed by atoms with Crippen molar-refractivity contribution in [2.45, 2.75) is 56.9 Å². The first kappa shape index (κ1) is 28.9. The monoisotopic (exact) mass is 581 g/mol. The molecule has 1 saturated carbocycles. The van der Waals surface area contributed by atoms with Crippen LogP contribution < -0.4 is 15.0 Å². The van der Waals surface area contributed by atoms with E-state index >= 15 is 0 Å². The van der Waals surface area contributed by atoms with Crippen LogP contribution >= 0.6 is 0 Å². The minimum Gasteiger partial charge on any atom is -0.504 e. The smallest absolute Gasteiger partial charge is 0.416 e. The van der Waals surface area contributed by atoms with Crippen molar-refractivity contribution in [2.75, 3.05) is 12.0 Å². The normalized spacial score (nSPS) is 14.9. The molecule has 0 saturated heterocycles. The van der Waals surface area contributed by atoms with Crippen LogP contribution in [0.5, 0.6) is 11.5 Å². The summed E-state index contributed by atoms with van der Waals surface area (Å²) in [6, 6.07) is 13.8. The van der Waals surface area contributed by atoms with E-state index in [-0.39, 0.29) is 28.8 Å². The quantitative estimate of drug-likeness (QED) is 0.289. The summed E-state index contributed by atoms with van der Waals surface area (Å²) in [5.41, 5.74) is 0.143. The molecule has 2 N–H and O–H groups in total. The maximum atomic E-state index is 14.1. The Kier molecular flexibility index (Phi) is 8.32. The molecule has 3 aromatic carbocycles. The van der Waals surface area contributed by atoms with Crippen molar-refractivity contribution in [3.05, 3.63) is 77.9 Å². The molecule has 0 bridgehead atoms. The first-order valence-corrected chi connectivity index (χ1v) is 13.6. The molecule has 0 unspecified atom stereocenters. The average molecular weight is 582 g/mol. The zero-order chi connectivity index (χ0) is 29.9. The van der Waals surface area contributed by atoms with Crippen molar-refractivity contribution in [3.8, 4) is 11.5 Å². The molecule has 9 nitrogen and oxygen atoms in total. The van der Waals surface area contributed by atoms with Crippen LogP contribution in [-0.4, -0.2) is 45.1 Å². The highest BCUT2D eigenvalue weighted by Gasteiger charge is 2.37. The van der Waals surface area contributed by atoms with E-state index in [9.17, 15) is 27.9 Å². The third-order valence-corrected chi connectivity index (χ3v) is 7.40. The summed E-state index contributed by atoms with van der Waals surface area (Å²) in [6.07, 6.45) is -0.305. The summed E-state index contributed by atoms with van der Waals surface area (Å²) in [5, 5.41) is 21.7. The third kappa shape index (κ3) is 6.17. The predicted molar refractivity (Wildman–Crippen MR) is 149 cm³/mol. The molecule has 1 aliphatic carbocycles. The van der Waals surface area contributed by atoms with Gasteiger partial charge in [0.05, 0.1) is 18.2 Å². The molecule has 0 spiro atoms. The Balaban J connectivity index is 1.63. The van der Waals surface area contributed by atoms with Gasteiger partial charge in [-0.3, -0.25) is 14.5 Å². The fourth-order valence-corrected chi connectivity index (χ4v) is 5.33. The SMILES string of the molecule is COc1ccc([C@@H](C(=O)NC2CCCCC2)N(C(=O)Cn2nnc3ccccc32)c2cccc(C(F)(F)F)c2)cc1O. The van der Waals surface area contributed by atoms with Crippen LogP contribution in [-0.2, 0) is 22.3 Å². The van der Waals surface area contributed by atoms with E-state index in [1.807, 2.05) is 0 Å². The molecule has 4 aromatic rings. The van der Waals surface area contributed by atoms with Gasteiger partial charge in [0, 0.05) is 11.7 Å². The van der Waals surface area contributed by atoms with E-state index < -0.39 is 36.1 Å². The number of rotatable bonds is 8. The number of alkyl halides is 3. The molecule has 1 aliphatic rings. The van der Waals surface area contributed by atoms with E-state index in [0.717, 1.165) is 49.1 Å². The topological polar surface area (TPSA) is 110 Å². The average Bonchev–Trinajstić information content (AvgIpc) is 3.38. The highest BCUT2D eigenvalue weighted by molar-refractivity contribution is 6.01. The van der Waals surface area contributed by atoms with E-state index in [1.165, 1.54) is 42.1 Å². The van der Waals surface area contributed by atoms with Crippen molar-refractivity contribution in [2.24, 2.45) is 0 Å². The van der Waals surface area contributed by atoms with Crippen LogP contribution in [0.4, 0.5) is 18.9 Å². The number of hydrogen-bond acceptors (Lipinski definition) is 6. The molecule has 5 rings (SSSR count). The number of phenolic OH excluding ortho intramolecular Hbond substituents is 1. The molecule has 0 radical (unpaired) electrons.